The molecule has 0 heterocycles. The summed E-state index contributed by atoms with van der Waals surface area (Å²) >= 11 is 0. The molecule has 0 bridgehead atoms. The van der Waals surface area contributed by atoms with Crippen molar-refractivity contribution in [3.8, 4) is 0 Å². The van der Waals surface area contributed by atoms with E-state index in [-0.39, 0.29) is 24.9 Å². The number of rotatable bonds is 8. The van der Waals surface area contributed by atoms with Crippen molar-refractivity contribution >= 4 is 13.6 Å². The summed E-state index contributed by atoms with van der Waals surface area (Å²) in [5, 5.41) is 0. The first kappa shape index (κ1) is 17.3. The first-order valence-corrected chi connectivity index (χ1v) is 7.34. The van der Waals surface area contributed by atoms with Crippen LogP contribution in [0.4, 0.5) is 0 Å². The standard InChI is InChI=1S/C11H22NO5P/c1-10(2)11(13)16-8-9-18(14,15)17-7-6-12(3,4)5/h1,6-9H2,2-5H3. The van der Waals surface area contributed by atoms with E-state index < -0.39 is 13.6 Å². The minimum atomic E-state index is -3.93. The van der Waals surface area contributed by atoms with Crippen LogP contribution in [0.1, 0.15) is 6.92 Å². The summed E-state index contributed by atoms with van der Waals surface area (Å²) < 4.78 is 21.6. The summed E-state index contributed by atoms with van der Waals surface area (Å²) in [4.78, 5) is 22.5. The molecule has 0 aromatic carbocycles. The third-order valence-corrected chi connectivity index (χ3v) is 3.30. The highest BCUT2D eigenvalue weighted by Crippen LogP contribution is 2.36. The number of carbonyl (C=O) groups excluding carboxylic acids is 1. The zero-order chi connectivity index (χ0) is 14.4. The molecule has 0 spiro atoms. The van der Waals surface area contributed by atoms with Gasteiger partial charge in [0.05, 0.1) is 27.7 Å². The van der Waals surface area contributed by atoms with Crippen LogP contribution in [0.5, 0.6) is 0 Å². The Balaban J connectivity index is 3.91. The van der Waals surface area contributed by atoms with Gasteiger partial charge in [0.1, 0.15) is 20.7 Å². The van der Waals surface area contributed by atoms with Crippen LogP contribution in [-0.2, 0) is 18.6 Å². The summed E-state index contributed by atoms with van der Waals surface area (Å²) in [6.45, 7) is 5.38. The normalized spacial score (nSPS) is 14.9. The first-order chi connectivity index (χ1) is 8.03. The van der Waals surface area contributed by atoms with Gasteiger partial charge < -0.3 is 23.2 Å². The van der Waals surface area contributed by atoms with Crippen LogP contribution in [0, 0.1) is 0 Å². The van der Waals surface area contributed by atoms with E-state index in [1.807, 2.05) is 21.1 Å². The Morgan fingerprint density at radius 3 is 2.33 bits per heavy atom. The van der Waals surface area contributed by atoms with Crippen molar-refractivity contribution in [2.24, 2.45) is 0 Å². The van der Waals surface area contributed by atoms with Gasteiger partial charge >= 0.3 is 5.97 Å². The number of likely N-dealkylation sites (N-methyl/N-ethyl adjacent to an activating group) is 1. The van der Waals surface area contributed by atoms with E-state index in [2.05, 4.69) is 6.58 Å². The van der Waals surface area contributed by atoms with E-state index in [1.54, 1.807) is 0 Å². The molecule has 0 aliphatic heterocycles. The second-order valence-electron chi connectivity index (χ2n) is 5.10. The van der Waals surface area contributed by atoms with Gasteiger partial charge in [-0.25, -0.2) is 4.79 Å². The van der Waals surface area contributed by atoms with Crippen LogP contribution in [0.2, 0.25) is 0 Å². The van der Waals surface area contributed by atoms with Crippen LogP contribution in [0.25, 0.3) is 0 Å². The van der Waals surface area contributed by atoms with Gasteiger partial charge in [0.25, 0.3) is 0 Å². The molecule has 0 aromatic heterocycles. The molecule has 1 atom stereocenters. The van der Waals surface area contributed by atoms with Crippen LogP contribution in [0.15, 0.2) is 12.2 Å². The Hall–Kier alpha value is -0.680. The lowest BCUT2D eigenvalue weighted by atomic mass is 10.4. The molecule has 0 fully saturated rings. The number of esters is 1. The van der Waals surface area contributed by atoms with Gasteiger partial charge in [-0.05, 0) is 6.92 Å². The van der Waals surface area contributed by atoms with Gasteiger partial charge in [0.2, 0.25) is 0 Å². The second kappa shape index (κ2) is 7.04. The smallest absolute Gasteiger partial charge is 0.333 e. The fraction of sp³-hybridized carbons (Fsp3) is 0.727. The highest BCUT2D eigenvalue weighted by atomic mass is 31.2. The van der Waals surface area contributed by atoms with Gasteiger partial charge in [-0.15, -0.1) is 0 Å². The number of quaternary nitrogens is 1. The maximum Gasteiger partial charge on any atom is 0.333 e. The number of carbonyl (C=O) groups is 1. The maximum atomic E-state index is 11.5. The van der Waals surface area contributed by atoms with E-state index in [0.717, 1.165) is 0 Å². The van der Waals surface area contributed by atoms with E-state index in [9.17, 15) is 14.3 Å². The first-order valence-electron chi connectivity index (χ1n) is 5.61. The second-order valence-corrected chi connectivity index (χ2v) is 7.03. The van der Waals surface area contributed by atoms with Crippen LogP contribution in [0.3, 0.4) is 0 Å². The molecule has 0 saturated carbocycles. The molecule has 0 aliphatic carbocycles. The average molecular weight is 279 g/mol. The number of nitrogens with zero attached hydrogens (tertiary/aromatic N) is 1. The Morgan fingerprint density at radius 2 is 1.89 bits per heavy atom. The van der Waals surface area contributed by atoms with Crippen molar-refractivity contribution in [3.05, 3.63) is 12.2 Å². The summed E-state index contributed by atoms with van der Waals surface area (Å²) in [6, 6.07) is 0. The number of hydrogen-bond acceptors (Lipinski definition) is 5. The Kier molecular flexibility index (Phi) is 6.78. The fourth-order valence-corrected chi connectivity index (χ4v) is 1.70. The molecule has 0 N–H and O–H groups in total. The van der Waals surface area contributed by atoms with Crippen molar-refractivity contribution in [2.45, 2.75) is 6.92 Å². The van der Waals surface area contributed by atoms with Crippen LogP contribution >= 0.6 is 7.60 Å². The average Bonchev–Trinajstić information content (AvgIpc) is 2.14. The van der Waals surface area contributed by atoms with E-state index >= 15 is 0 Å². The van der Waals surface area contributed by atoms with Gasteiger partial charge in [-0.3, -0.25) is 0 Å². The van der Waals surface area contributed by atoms with Crippen LogP contribution in [-0.4, -0.2) is 57.5 Å². The Morgan fingerprint density at radius 1 is 1.33 bits per heavy atom. The maximum absolute atomic E-state index is 11.5. The fourth-order valence-electron chi connectivity index (χ4n) is 0.892. The minimum absolute atomic E-state index is 0.124. The van der Waals surface area contributed by atoms with E-state index in [4.69, 9.17) is 9.26 Å². The van der Waals surface area contributed by atoms with Crippen molar-refractivity contribution in [3.63, 3.8) is 0 Å². The molecular formula is C11H22NO5P. The predicted octanol–water partition coefficient (Wildman–Crippen LogP) is 0.382. The molecule has 106 valence electrons. The zero-order valence-corrected chi connectivity index (χ0v) is 12.4. The van der Waals surface area contributed by atoms with Gasteiger partial charge in [0, 0.05) is 11.7 Å². The predicted molar refractivity (Wildman–Crippen MR) is 67.1 cm³/mol. The lowest BCUT2D eigenvalue weighted by Gasteiger charge is -2.27. The monoisotopic (exact) mass is 279 g/mol. The quantitative estimate of drug-likeness (QED) is 0.278. The summed E-state index contributed by atoms with van der Waals surface area (Å²) in [5.41, 5.74) is 0.238. The lowest BCUT2D eigenvalue weighted by molar-refractivity contribution is -0.870. The molecule has 18 heavy (non-hydrogen) atoms. The molecule has 7 heteroatoms. The van der Waals surface area contributed by atoms with Crippen molar-refractivity contribution in [1.82, 2.24) is 0 Å². The molecule has 0 rings (SSSR count). The zero-order valence-electron chi connectivity index (χ0n) is 11.5. The summed E-state index contributed by atoms with van der Waals surface area (Å²) in [6.07, 6.45) is -0.316. The van der Waals surface area contributed by atoms with Crippen molar-refractivity contribution in [2.75, 3.05) is 47.1 Å². The lowest BCUT2D eigenvalue weighted by Crippen LogP contribution is -2.37. The third kappa shape index (κ3) is 9.36. The summed E-state index contributed by atoms with van der Waals surface area (Å²) in [5.74, 6) is -0.596. The van der Waals surface area contributed by atoms with Crippen LogP contribution < -0.4 is 4.89 Å². The molecule has 0 saturated heterocycles. The molecule has 6 nitrogen and oxygen atoms in total. The minimum Gasteiger partial charge on any atom is -0.778 e. The number of ether oxygens (including phenoxy) is 1. The molecule has 1 unspecified atom stereocenters. The highest BCUT2D eigenvalue weighted by molar-refractivity contribution is 7.51. The third-order valence-electron chi connectivity index (χ3n) is 2.00. The Bertz CT molecular complexity index is 348. The molecule has 0 amide bonds. The highest BCUT2D eigenvalue weighted by Gasteiger charge is 2.13. The molecule has 0 aliphatic rings. The number of hydrogen-bond donors (Lipinski definition) is 0. The molecular weight excluding hydrogens is 257 g/mol. The topological polar surface area (TPSA) is 75.7 Å². The van der Waals surface area contributed by atoms with Gasteiger partial charge in [-0.1, -0.05) is 6.58 Å². The summed E-state index contributed by atoms with van der Waals surface area (Å²) in [7, 11) is 1.88. The largest absolute Gasteiger partial charge is 0.778 e. The SMILES string of the molecule is C=C(C)C(=O)OCCP(=O)([O-])OCC[N+](C)(C)C. The van der Waals surface area contributed by atoms with Gasteiger partial charge in [0.15, 0.2) is 0 Å². The molecule has 0 aromatic rings. The van der Waals surface area contributed by atoms with E-state index in [1.165, 1.54) is 6.92 Å². The van der Waals surface area contributed by atoms with E-state index in [0.29, 0.717) is 11.0 Å². The van der Waals surface area contributed by atoms with Crippen molar-refractivity contribution in [1.29, 1.82) is 0 Å². The van der Waals surface area contributed by atoms with Gasteiger partial charge in [-0.2, -0.15) is 0 Å². The Labute approximate surface area is 108 Å². The molecule has 0 radical (unpaired) electrons. The van der Waals surface area contributed by atoms with Crippen molar-refractivity contribution < 1.29 is 28.0 Å².